The van der Waals surface area contributed by atoms with Crippen LogP contribution in [0.3, 0.4) is 0 Å². The van der Waals surface area contributed by atoms with E-state index < -0.39 is 0 Å². The Kier molecular flexibility index (Phi) is 4.88. The number of benzene rings is 2. The van der Waals surface area contributed by atoms with Crippen molar-refractivity contribution in [1.29, 1.82) is 0 Å². The van der Waals surface area contributed by atoms with E-state index in [9.17, 15) is 9.59 Å². The summed E-state index contributed by atoms with van der Waals surface area (Å²) in [5.74, 6) is 0.960. The van der Waals surface area contributed by atoms with Crippen LogP contribution in [0.15, 0.2) is 42.5 Å². The van der Waals surface area contributed by atoms with E-state index in [4.69, 9.17) is 9.47 Å². The number of anilines is 2. The van der Waals surface area contributed by atoms with Crippen LogP contribution < -0.4 is 19.7 Å². The van der Waals surface area contributed by atoms with E-state index in [-0.39, 0.29) is 11.8 Å². The summed E-state index contributed by atoms with van der Waals surface area (Å²) >= 11 is 0. The van der Waals surface area contributed by atoms with E-state index in [1.165, 1.54) is 0 Å². The third kappa shape index (κ3) is 3.18. The predicted molar refractivity (Wildman–Crippen MR) is 112 cm³/mol. The number of hydrogen-bond acceptors (Lipinski definition) is 4. The minimum Gasteiger partial charge on any atom is -0.497 e. The van der Waals surface area contributed by atoms with Gasteiger partial charge in [-0.25, -0.2) is 0 Å². The molecule has 4 rings (SSSR count). The number of rotatable bonds is 5. The van der Waals surface area contributed by atoms with Crippen molar-refractivity contribution in [3.05, 3.63) is 48.2 Å². The number of nitrogens with zero attached hydrogens (tertiary/aromatic N) is 2. The van der Waals surface area contributed by atoms with Gasteiger partial charge in [0.05, 0.1) is 31.1 Å². The standard InChI is InChI=1S/C22H23N3O4/c1-24-17-11-10-14(28-2)13-15(17)20(25-12-6-9-19(25)26)21(24)22(27)23-16-7-4-5-8-18(16)29-3/h4-5,7-8,10-11,13H,6,9,12H2,1-3H3,(H,23,27). The van der Waals surface area contributed by atoms with Gasteiger partial charge in [0.25, 0.3) is 5.91 Å². The molecular formula is C22H23N3O4. The van der Waals surface area contributed by atoms with Crippen LogP contribution in [0.1, 0.15) is 23.3 Å². The smallest absolute Gasteiger partial charge is 0.274 e. The number of carbonyl (C=O) groups excluding carboxylic acids is 2. The van der Waals surface area contributed by atoms with E-state index in [2.05, 4.69) is 5.32 Å². The lowest BCUT2D eigenvalue weighted by atomic mass is 10.2. The highest BCUT2D eigenvalue weighted by Gasteiger charge is 2.31. The number of carbonyl (C=O) groups is 2. The second-order valence-electron chi connectivity index (χ2n) is 6.94. The molecule has 0 radical (unpaired) electrons. The molecule has 1 aromatic heterocycles. The van der Waals surface area contributed by atoms with Crippen LogP contribution in [0.5, 0.6) is 11.5 Å². The van der Waals surface area contributed by atoms with Crippen LogP contribution >= 0.6 is 0 Å². The van der Waals surface area contributed by atoms with Crippen molar-refractivity contribution < 1.29 is 19.1 Å². The molecule has 1 N–H and O–H groups in total. The molecule has 2 heterocycles. The maximum atomic E-state index is 13.4. The fourth-order valence-corrected chi connectivity index (χ4v) is 3.88. The number of ether oxygens (including phenoxy) is 2. The van der Waals surface area contributed by atoms with Crippen molar-refractivity contribution in [2.45, 2.75) is 12.8 Å². The Balaban J connectivity index is 1.87. The average Bonchev–Trinajstić information content (AvgIpc) is 3.28. The van der Waals surface area contributed by atoms with Crippen molar-refractivity contribution >= 4 is 34.1 Å². The molecule has 2 aromatic carbocycles. The third-order valence-corrected chi connectivity index (χ3v) is 5.29. The fraction of sp³-hybridized carbons (Fsp3) is 0.273. The monoisotopic (exact) mass is 393 g/mol. The van der Waals surface area contributed by atoms with Gasteiger partial charge >= 0.3 is 0 Å². The SMILES string of the molecule is COc1ccc2c(c1)c(N1CCCC1=O)c(C(=O)Nc1ccccc1OC)n2C. The van der Waals surface area contributed by atoms with Gasteiger partial charge in [0.2, 0.25) is 5.91 Å². The number of hydrogen-bond donors (Lipinski definition) is 1. The van der Waals surface area contributed by atoms with Gasteiger partial charge in [-0.05, 0) is 36.8 Å². The molecule has 1 saturated heterocycles. The Morgan fingerprint density at radius 2 is 1.90 bits per heavy atom. The molecular weight excluding hydrogens is 370 g/mol. The number of amides is 2. The van der Waals surface area contributed by atoms with E-state index in [0.717, 1.165) is 17.3 Å². The van der Waals surface area contributed by atoms with Crippen molar-refractivity contribution in [1.82, 2.24) is 4.57 Å². The lowest BCUT2D eigenvalue weighted by Crippen LogP contribution is -2.27. The van der Waals surface area contributed by atoms with Gasteiger partial charge in [-0.1, -0.05) is 12.1 Å². The van der Waals surface area contributed by atoms with Gasteiger partial charge in [-0.3, -0.25) is 9.59 Å². The second kappa shape index (κ2) is 7.50. The topological polar surface area (TPSA) is 72.8 Å². The summed E-state index contributed by atoms with van der Waals surface area (Å²) in [5, 5.41) is 3.75. The molecule has 1 fully saturated rings. The predicted octanol–water partition coefficient (Wildman–Crippen LogP) is 3.57. The van der Waals surface area contributed by atoms with Crippen LogP contribution in [0.2, 0.25) is 0 Å². The summed E-state index contributed by atoms with van der Waals surface area (Å²) in [5.41, 5.74) is 2.47. The van der Waals surface area contributed by atoms with E-state index in [0.29, 0.717) is 41.5 Å². The minimum absolute atomic E-state index is 0.0201. The molecule has 150 valence electrons. The zero-order chi connectivity index (χ0) is 20.5. The molecule has 2 amide bonds. The van der Waals surface area contributed by atoms with Crippen molar-refractivity contribution in [2.75, 3.05) is 31.0 Å². The van der Waals surface area contributed by atoms with Crippen LogP contribution in [0.25, 0.3) is 10.9 Å². The maximum Gasteiger partial charge on any atom is 0.274 e. The Hall–Kier alpha value is -3.48. The Morgan fingerprint density at radius 1 is 1.10 bits per heavy atom. The Labute approximate surface area is 168 Å². The average molecular weight is 393 g/mol. The molecule has 0 unspecified atom stereocenters. The highest BCUT2D eigenvalue weighted by atomic mass is 16.5. The summed E-state index contributed by atoms with van der Waals surface area (Å²) in [6, 6.07) is 12.9. The first kappa shape index (κ1) is 18.9. The molecule has 1 aliphatic rings. The van der Waals surface area contributed by atoms with Gasteiger partial charge in [-0.15, -0.1) is 0 Å². The zero-order valence-electron chi connectivity index (χ0n) is 16.7. The molecule has 0 aliphatic carbocycles. The van der Waals surface area contributed by atoms with Gasteiger partial charge in [0.1, 0.15) is 17.2 Å². The summed E-state index contributed by atoms with van der Waals surface area (Å²) in [7, 11) is 4.98. The van der Waals surface area contributed by atoms with Gasteiger partial charge in [0, 0.05) is 25.4 Å². The first-order chi connectivity index (χ1) is 14.0. The third-order valence-electron chi connectivity index (χ3n) is 5.29. The summed E-state index contributed by atoms with van der Waals surface area (Å²) < 4.78 is 12.5. The molecule has 0 saturated carbocycles. The summed E-state index contributed by atoms with van der Waals surface area (Å²) in [4.78, 5) is 27.6. The second-order valence-corrected chi connectivity index (χ2v) is 6.94. The minimum atomic E-state index is -0.304. The number of para-hydroxylation sites is 2. The highest BCUT2D eigenvalue weighted by molar-refractivity contribution is 6.17. The van der Waals surface area contributed by atoms with Crippen molar-refractivity contribution in [3.8, 4) is 11.5 Å². The first-order valence-corrected chi connectivity index (χ1v) is 9.46. The maximum absolute atomic E-state index is 13.4. The Morgan fingerprint density at radius 3 is 2.59 bits per heavy atom. The van der Waals surface area contributed by atoms with E-state index in [1.54, 1.807) is 31.3 Å². The van der Waals surface area contributed by atoms with Crippen LogP contribution in [0.4, 0.5) is 11.4 Å². The first-order valence-electron chi connectivity index (χ1n) is 9.46. The van der Waals surface area contributed by atoms with E-state index in [1.807, 2.05) is 41.9 Å². The largest absolute Gasteiger partial charge is 0.497 e. The lowest BCUT2D eigenvalue weighted by Gasteiger charge is -2.18. The normalized spacial score (nSPS) is 13.8. The van der Waals surface area contributed by atoms with Crippen molar-refractivity contribution in [3.63, 3.8) is 0 Å². The Bertz CT molecular complexity index is 1100. The van der Waals surface area contributed by atoms with Gasteiger partial charge < -0.3 is 24.3 Å². The lowest BCUT2D eigenvalue weighted by molar-refractivity contribution is -0.117. The number of methoxy groups -OCH3 is 2. The molecule has 0 spiro atoms. The van der Waals surface area contributed by atoms with E-state index >= 15 is 0 Å². The van der Waals surface area contributed by atoms with Crippen LogP contribution in [0, 0.1) is 0 Å². The van der Waals surface area contributed by atoms with Gasteiger partial charge in [0.15, 0.2) is 0 Å². The highest BCUT2D eigenvalue weighted by Crippen LogP contribution is 2.38. The van der Waals surface area contributed by atoms with Crippen molar-refractivity contribution in [2.24, 2.45) is 7.05 Å². The molecule has 1 aliphatic heterocycles. The van der Waals surface area contributed by atoms with Gasteiger partial charge in [-0.2, -0.15) is 0 Å². The summed E-state index contributed by atoms with van der Waals surface area (Å²) in [6.45, 7) is 0.587. The molecule has 0 bridgehead atoms. The molecule has 7 heteroatoms. The van der Waals surface area contributed by atoms with Crippen LogP contribution in [-0.4, -0.2) is 37.1 Å². The molecule has 29 heavy (non-hydrogen) atoms. The number of fused-ring (bicyclic) bond motifs is 1. The number of aryl methyl sites for hydroxylation is 1. The molecule has 0 atom stereocenters. The number of nitrogens with one attached hydrogen (secondary N) is 1. The summed E-state index contributed by atoms with van der Waals surface area (Å²) in [6.07, 6.45) is 1.25. The quantitative estimate of drug-likeness (QED) is 0.719. The number of aromatic nitrogens is 1. The van der Waals surface area contributed by atoms with Crippen LogP contribution in [-0.2, 0) is 11.8 Å². The molecule has 3 aromatic rings. The zero-order valence-corrected chi connectivity index (χ0v) is 16.7. The fourth-order valence-electron chi connectivity index (χ4n) is 3.88. The molecule has 7 nitrogen and oxygen atoms in total.